The molecule has 0 fully saturated rings. The zero-order valence-corrected chi connectivity index (χ0v) is 11.4. The summed E-state index contributed by atoms with van der Waals surface area (Å²) in [5, 5.41) is 7.89. The summed E-state index contributed by atoms with van der Waals surface area (Å²) in [7, 11) is 1.33. The van der Waals surface area contributed by atoms with Crippen LogP contribution in [0.5, 0.6) is 0 Å². The van der Waals surface area contributed by atoms with Gasteiger partial charge >= 0.3 is 5.97 Å². The highest BCUT2D eigenvalue weighted by Gasteiger charge is 2.19. The average molecular weight is 278 g/mol. The van der Waals surface area contributed by atoms with Crippen LogP contribution in [-0.4, -0.2) is 44.2 Å². The van der Waals surface area contributed by atoms with Gasteiger partial charge in [0.25, 0.3) is 0 Å². The third kappa shape index (κ3) is 3.21. The third-order valence-corrected chi connectivity index (χ3v) is 2.94. The number of nitrogens with two attached hydrogens (primary N) is 1. The highest BCUT2D eigenvalue weighted by Crippen LogP contribution is 2.08. The maximum atomic E-state index is 11.6. The predicted molar refractivity (Wildman–Crippen MR) is 71.0 cm³/mol. The molecule has 0 radical (unpaired) electrons. The van der Waals surface area contributed by atoms with Crippen LogP contribution in [0.3, 0.4) is 0 Å². The Bertz CT molecular complexity index is 548. The van der Waals surface area contributed by atoms with Crippen LogP contribution in [0.2, 0.25) is 0 Å². The lowest BCUT2D eigenvalue weighted by atomic mass is 10.2. The summed E-state index contributed by atoms with van der Waals surface area (Å²) in [4.78, 5) is 15.6. The summed E-state index contributed by atoms with van der Waals surface area (Å²) in [5.41, 5.74) is 6.55. The molecule has 2 aromatic heterocycles. The second-order valence-electron chi connectivity index (χ2n) is 4.29. The SMILES string of the molecule is COC(=O)c1nnn(CCCn2ccnc2)c1CCN. The number of ether oxygens (including phenoxy) is 1. The Morgan fingerprint density at radius 3 is 2.95 bits per heavy atom. The number of carbonyl (C=O) groups excluding carboxylic acids is 1. The molecule has 2 rings (SSSR count). The number of aryl methyl sites for hydroxylation is 2. The monoisotopic (exact) mass is 278 g/mol. The van der Waals surface area contributed by atoms with E-state index in [0.717, 1.165) is 18.7 Å². The van der Waals surface area contributed by atoms with Crippen LogP contribution in [0.1, 0.15) is 22.6 Å². The van der Waals surface area contributed by atoms with E-state index in [1.807, 2.05) is 10.8 Å². The number of hydrogen-bond donors (Lipinski definition) is 1. The molecule has 0 spiro atoms. The van der Waals surface area contributed by atoms with Crippen LogP contribution >= 0.6 is 0 Å². The van der Waals surface area contributed by atoms with Gasteiger partial charge in [-0.05, 0) is 13.0 Å². The number of nitrogens with zero attached hydrogens (tertiary/aromatic N) is 5. The van der Waals surface area contributed by atoms with Crippen molar-refractivity contribution in [2.75, 3.05) is 13.7 Å². The van der Waals surface area contributed by atoms with Gasteiger partial charge in [-0.3, -0.25) is 0 Å². The Morgan fingerprint density at radius 1 is 1.45 bits per heavy atom. The number of esters is 1. The van der Waals surface area contributed by atoms with Crippen LogP contribution < -0.4 is 5.73 Å². The molecule has 8 nitrogen and oxygen atoms in total. The van der Waals surface area contributed by atoms with Crippen molar-refractivity contribution in [3.8, 4) is 0 Å². The topological polar surface area (TPSA) is 101 Å². The predicted octanol–water partition coefficient (Wildman–Crippen LogP) is -0.147. The molecule has 108 valence electrons. The maximum absolute atomic E-state index is 11.6. The van der Waals surface area contributed by atoms with Gasteiger partial charge in [-0.15, -0.1) is 5.10 Å². The lowest BCUT2D eigenvalue weighted by Gasteiger charge is -2.07. The Morgan fingerprint density at radius 2 is 2.30 bits per heavy atom. The highest BCUT2D eigenvalue weighted by atomic mass is 16.5. The quantitative estimate of drug-likeness (QED) is 0.707. The molecule has 0 saturated carbocycles. The molecule has 0 amide bonds. The van der Waals surface area contributed by atoms with Gasteiger partial charge in [0, 0.05) is 31.9 Å². The van der Waals surface area contributed by atoms with Crippen molar-refractivity contribution in [1.29, 1.82) is 0 Å². The second kappa shape index (κ2) is 6.80. The largest absolute Gasteiger partial charge is 0.464 e. The highest BCUT2D eigenvalue weighted by molar-refractivity contribution is 5.88. The molecule has 0 saturated heterocycles. The molecule has 0 unspecified atom stereocenters. The fourth-order valence-electron chi connectivity index (χ4n) is 1.97. The number of methoxy groups -OCH3 is 1. The third-order valence-electron chi connectivity index (χ3n) is 2.94. The first-order valence-electron chi connectivity index (χ1n) is 6.42. The van der Waals surface area contributed by atoms with Crippen LogP contribution in [-0.2, 0) is 24.2 Å². The normalized spacial score (nSPS) is 10.7. The van der Waals surface area contributed by atoms with Crippen LogP contribution in [0, 0.1) is 0 Å². The first-order valence-corrected chi connectivity index (χ1v) is 6.42. The number of rotatable bonds is 7. The fourth-order valence-corrected chi connectivity index (χ4v) is 1.97. The van der Waals surface area contributed by atoms with E-state index in [9.17, 15) is 4.79 Å². The number of aromatic nitrogens is 5. The Hall–Kier alpha value is -2.22. The molecule has 8 heteroatoms. The van der Waals surface area contributed by atoms with Crippen molar-refractivity contribution in [3.63, 3.8) is 0 Å². The lowest BCUT2D eigenvalue weighted by Crippen LogP contribution is -2.15. The van der Waals surface area contributed by atoms with Gasteiger partial charge in [0.1, 0.15) is 0 Å². The minimum absolute atomic E-state index is 0.251. The summed E-state index contributed by atoms with van der Waals surface area (Å²) >= 11 is 0. The molecule has 0 atom stereocenters. The van der Waals surface area contributed by atoms with Gasteiger partial charge < -0.3 is 15.0 Å². The number of carbonyl (C=O) groups is 1. The van der Waals surface area contributed by atoms with Crippen molar-refractivity contribution in [3.05, 3.63) is 30.1 Å². The maximum Gasteiger partial charge on any atom is 0.360 e. The molecule has 2 N–H and O–H groups in total. The summed E-state index contributed by atoms with van der Waals surface area (Å²) in [6, 6.07) is 0. The summed E-state index contributed by atoms with van der Waals surface area (Å²) < 4.78 is 8.40. The van der Waals surface area contributed by atoms with Crippen molar-refractivity contribution < 1.29 is 9.53 Å². The van der Waals surface area contributed by atoms with E-state index in [-0.39, 0.29) is 5.69 Å². The molecular formula is C12H18N6O2. The first kappa shape index (κ1) is 14.2. The first-order chi connectivity index (χ1) is 9.76. The second-order valence-corrected chi connectivity index (χ2v) is 4.29. The van der Waals surface area contributed by atoms with E-state index in [4.69, 9.17) is 10.5 Å². The average Bonchev–Trinajstić information content (AvgIpc) is 3.09. The van der Waals surface area contributed by atoms with Gasteiger partial charge in [0.2, 0.25) is 0 Å². The van der Waals surface area contributed by atoms with E-state index in [0.29, 0.717) is 19.5 Å². The van der Waals surface area contributed by atoms with E-state index in [2.05, 4.69) is 15.3 Å². The fraction of sp³-hybridized carbons (Fsp3) is 0.500. The van der Waals surface area contributed by atoms with Crippen molar-refractivity contribution >= 4 is 5.97 Å². The van der Waals surface area contributed by atoms with E-state index in [1.54, 1.807) is 17.2 Å². The molecule has 0 aliphatic carbocycles. The number of imidazole rings is 1. The van der Waals surface area contributed by atoms with Gasteiger partial charge in [-0.25, -0.2) is 14.5 Å². The molecular weight excluding hydrogens is 260 g/mol. The smallest absolute Gasteiger partial charge is 0.360 e. The molecule has 0 aromatic carbocycles. The molecule has 20 heavy (non-hydrogen) atoms. The lowest BCUT2D eigenvalue weighted by molar-refractivity contribution is 0.0592. The van der Waals surface area contributed by atoms with Gasteiger partial charge in [0.05, 0.1) is 19.1 Å². The standard InChI is InChI=1S/C12H18N6O2/c1-20-12(19)11-10(3-4-13)18(16-15-11)7-2-6-17-8-5-14-9-17/h5,8-9H,2-4,6-7,13H2,1H3. The van der Waals surface area contributed by atoms with E-state index >= 15 is 0 Å². The van der Waals surface area contributed by atoms with Crippen LogP contribution in [0.15, 0.2) is 18.7 Å². The summed E-state index contributed by atoms with van der Waals surface area (Å²) in [6.45, 7) is 1.92. The Balaban J connectivity index is 2.03. The Labute approximate surface area is 116 Å². The molecule has 0 bridgehead atoms. The molecule has 2 heterocycles. The molecule has 0 aliphatic heterocycles. The zero-order valence-electron chi connectivity index (χ0n) is 11.4. The minimum atomic E-state index is -0.477. The summed E-state index contributed by atoms with van der Waals surface area (Å²) in [5.74, 6) is -0.477. The van der Waals surface area contributed by atoms with Crippen molar-refractivity contribution in [2.45, 2.75) is 25.9 Å². The summed E-state index contributed by atoms with van der Waals surface area (Å²) in [6.07, 6.45) is 6.81. The van der Waals surface area contributed by atoms with E-state index < -0.39 is 5.97 Å². The minimum Gasteiger partial charge on any atom is -0.464 e. The van der Waals surface area contributed by atoms with Crippen molar-refractivity contribution in [1.82, 2.24) is 24.5 Å². The Kier molecular flexibility index (Phi) is 4.83. The van der Waals surface area contributed by atoms with E-state index in [1.165, 1.54) is 7.11 Å². The molecule has 2 aromatic rings. The zero-order chi connectivity index (χ0) is 14.4. The number of hydrogen-bond acceptors (Lipinski definition) is 6. The molecule has 0 aliphatic rings. The van der Waals surface area contributed by atoms with Crippen LogP contribution in [0.25, 0.3) is 0 Å². The van der Waals surface area contributed by atoms with Gasteiger partial charge in [-0.2, -0.15) is 0 Å². The van der Waals surface area contributed by atoms with Crippen molar-refractivity contribution in [2.24, 2.45) is 5.73 Å². The van der Waals surface area contributed by atoms with Gasteiger partial charge in [0.15, 0.2) is 5.69 Å². The van der Waals surface area contributed by atoms with Gasteiger partial charge in [-0.1, -0.05) is 5.21 Å². The van der Waals surface area contributed by atoms with Crippen LogP contribution in [0.4, 0.5) is 0 Å².